The summed E-state index contributed by atoms with van der Waals surface area (Å²) in [5.41, 5.74) is -0.735. The first-order valence-corrected chi connectivity index (χ1v) is 5.38. The van der Waals surface area contributed by atoms with Crippen molar-refractivity contribution < 1.29 is 19.0 Å². The molecule has 0 bridgehead atoms. The zero-order chi connectivity index (χ0) is 13.3. The van der Waals surface area contributed by atoms with E-state index >= 15 is 0 Å². The van der Waals surface area contributed by atoms with Crippen LogP contribution in [0.2, 0.25) is 0 Å². The molecule has 0 radical (unpaired) electrons. The van der Waals surface area contributed by atoms with Crippen LogP contribution in [0.1, 0.15) is 18.1 Å². The second-order valence-corrected chi connectivity index (χ2v) is 4.25. The van der Waals surface area contributed by atoms with Crippen LogP contribution in [0.25, 0.3) is 0 Å². The van der Waals surface area contributed by atoms with Crippen LogP contribution in [0.5, 0.6) is 5.75 Å². The third kappa shape index (κ3) is 2.19. The molecule has 0 fully saturated rings. The third-order valence-electron chi connectivity index (χ3n) is 2.91. The first kappa shape index (κ1) is 12.5. The predicted octanol–water partition coefficient (Wildman–Crippen LogP) is 2.93. The van der Waals surface area contributed by atoms with Crippen LogP contribution in [0, 0.1) is 11.6 Å². The Morgan fingerprint density at radius 1 is 0.889 bits per heavy atom. The Morgan fingerprint density at radius 2 is 1.44 bits per heavy atom. The predicted molar refractivity (Wildman–Crippen MR) is 63.1 cm³/mol. The molecule has 2 N–H and O–H groups in total. The number of phenols is 1. The molecule has 0 saturated carbocycles. The maximum absolute atomic E-state index is 13.2. The van der Waals surface area contributed by atoms with Crippen LogP contribution < -0.4 is 0 Å². The molecule has 1 unspecified atom stereocenters. The van der Waals surface area contributed by atoms with E-state index in [-0.39, 0.29) is 11.3 Å². The van der Waals surface area contributed by atoms with Gasteiger partial charge in [-0.2, -0.15) is 0 Å². The molecule has 0 amide bonds. The first-order chi connectivity index (χ1) is 8.41. The molecule has 1 atom stereocenters. The Hall–Kier alpha value is -1.94. The van der Waals surface area contributed by atoms with E-state index in [1.165, 1.54) is 37.3 Å². The van der Waals surface area contributed by atoms with Crippen molar-refractivity contribution in [2.45, 2.75) is 12.5 Å². The van der Waals surface area contributed by atoms with Gasteiger partial charge in [-0.25, -0.2) is 8.78 Å². The molecule has 0 aliphatic heterocycles. The summed E-state index contributed by atoms with van der Waals surface area (Å²) in [6, 6.07) is 9.15. The van der Waals surface area contributed by atoms with Crippen molar-refractivity contribution in [1.29, 1.82) is 0 Å². The molecule has 18 heavy (non-hydrogen) atoms. The molecule has 0 aromatic heterocycles. The summed E-state index contributed by atoms with van der Waals surface area (Å²) in [7, 11) is 0. The minimum atomic E-state index is -1.46. The van der Waals surface area contributed by atoms with Crippen LogP contribution >= 0.6 is 0 Å². The van der Waals surface area contributed by atoms with E-state index in [0.29, 0.717) is 5.56 Å². The molecule has 0 spiro atoms. The lowest BCUT2D eigenvalue weighted by molar-refractivity contribution is 0.102. The highest BCUT2D eigenvalue weighted by molar-refractivity contribution is 5.37. The van der Waals surface area contributed by atoms with Gasteiger partial charge >= 0.3 is 0 Å². The average molecular weight is 250 g/mol. The highest BCUT2D eigenvalue weighted by Gasteiger charge is 2.26. The summed E-state index contributed by atoms with van der Waals surface area (Å²) < 4.78 is 26.0. The summed E-state index contributed by atoms with van der Waals surface area (Å²) >= 11 is 0. The van der Waals surface area contributed by atoms with E-state index in [4.69, 9.17) is 0 Å². The smallest absolute Gasteiger partial charge is 0.159 e. The zero-order valence-electron chi connectivity index (χ0n) is 9.69. The maximum atomic E-state index is 13.2. The highest BCUT2D eigenvalue weighted by Crippen LogP contribution is 2.30. The minimum Gasteiger partial charge on any atom is -0.508 e. The average Bonchev–Trinajstić information content (AvgIpc) is 2.33. The topological polar surface area (TPSA) is 40.5 Å². The van der Waals surface area contributed by atoms with Gasteiger partial charge < -0.3 is 10.2 Å². The van der Waals surface area contributed by atoms with Crippen molar-refractivity contribution in [1.82, 2.24) is 0 Å². The van der Waals surface area contributed by atoms with Gasteiger partial charge in [0.1, 0.15) is 11.4 Å². The summed E-state index contributed by atoms with van der Waals surface area (Å²) in [6.07, 6.45) is 0. The summed E-state index contributed by atoms with van der Waals surface area (Å²) in [5, 5.41) is 19.6. The van der Waals surface area contributed by atoms with E-state index in [2.05, 4.69) is 0 Å². The van der Waals surface area contributed by atoms with Crippen LogP contribution in [-0.2, 0) is 5.60 Å². The fraction of sp³-hybridized carbons (Fsp3) is 0.143. The van der Waals surface area contributed by atoms with Crippen LogP contribution in [0.3, 0.4) is 0 Å². The standard InChI is InChI=1S/C14H12F2O2/c1-14(18,9-2-5-11(17)6-3-9)10-4-7-12(15)13(16)8-10/h2-8,17-18H,1H3. The van der Waals surface area contributed by atoms with Gasteiger partial charge in [-0.15, -0.1) is 0 Å². The number of hydrogen-bond donors (Lipinski definition) is 2. The van der Waals surface area contributed by atoms with E-state index in [9.17, 15) is 19.0 Å². The molecule has 0 saturated heterocycles. The van der Waals surface area contributed by atoms with Gasteiger partial charge in [-0.1, -0.05) is 18.2 Å². The lowest BCUT2D eigenvalue weighted by Gasteiger charge is -2.24. The SMILES string of the molecule is CC(O)(c1ccc(O)cc1)c1ccc(F)c(F)c1. The first-order valence-electron chi connectivity index (χ1n) is 5.38. The van der Waals surface area contributed by atoms with Gasteiger partial charge in [-0.05, 0) is 42.3 Å². The van der Waals surface area contributed by atoms with Crippen molar-refractivity contribution in [2.75, 3.05) is 0 Å². The molecule has 0 heterocycles. The Kier molecular flexibility index (Phi) is 3.05. The zero-order valence-corrected chi connectivity index (χ0v) is 9.69. The van der Waals surface area contributed by atoms with E-state index in [1.807, 2.05) is 0 Å². The molecule has 2 nitrogen and oxygen atoms in total. The lowest BCUT2D eigenvalue weighted by Crippen LogP contribution is -2.22. The van der Waals surface area contributed by atoms with Crippen LogP contribution in [0.15, 0.2) is 42.5 Å². The van der Waals surface area contributed by atoms with Crippen molar-refractivity contribution in [3.8, 4) is 5.75 Å². The third-order valence-corrected chi connectivity index (χ3v) is 2.91. The molecule has 94 valence electrons. The number of rotatable bonds is 2. The molecule has 2 aromatic rings. The number of halogens is 2. The minimum absolute atomic E-state index is 0.0693. The lowest BCUT2D eigenvalue weighted by atomic mass is 9.88. The Labute approximate surface area is 103 Å². The quantitative estimate of drug-likeness (QED) is 0.860. The molecule has 0 aliphatic rings. The van der Waals surface area contributed by atoms with Crippen molar-refractivity contribution in [2.24, 2.45) is 0 Å². The van der Waals surface area contributed by atoms with E-state index in [0.717, 1.165) is 12.1 Å². The van der Waals surface area contributed by atoms with Crippen LogP contribution in [-0.4, -0.2) is 10.2 Å². The number of benzene rings is 2. The largest absolute Gasteiger partial charge is 0.508 e. The monoisotopic (exact) mass is 250 g/mol. The van der Waals surface area contributed by atoms with Gasteiger partial charge in [0.15, 0.2) is 11.6 Å². The summed E-state index contributed by atoms with van der Waals surface area (Å²) in [6.45, 7) is 1.48. The Balaban J connectivity index is 2.46. The maximum Gasteiger partial charge on any atom is 0.159 e. The van der Waals surface area contributed by atoms with E-state index in [1.54, 1.807) is 0 Å². The van der Waals surface area contributed by atoms with Gasteiger partial charge in [0.2, 0.25) is 0 Å². The van der Waals surface area contributed by atoms with Crippen molar-refractivity contribution in [3.05, 3.63) is 65.2 Å². The van der Waals surface area contributed by atoms with Gasteiger partial charge in [-0.3, -0.25) is 0 Å². The number of aliphatic hydroxyl groups is 1. The fourth-order valence-electron chi connectivity index (χ4n) is 1.75. The van der Waals surface area contributed by atoms with Gasteiger partial charge in [0.05, 0.1) is 0 Å². The second-order valence-electron chi connectivity index (χ2n) is 4.25. The molecular formula is C14H12F2O2. The molecule has 2 rings (SSSR count). The number of phenolic OH excluding ortho intramolecular Hbond substituents is 1. The number of hydrogen-bond acceptors (Lipinski definition) is 2. The molecule has 0 aliphatic carbocycles. The number of aromatic hydroxyl groups is 1. The summed E-state index contributed by atoms with van der Waals surface area (Å²) in [5.74, 6) is -1.90. The summed E-state index contributed by atoms with van der Waals surface area (Å²) in [4.78, 5) is 0. The normalized spacial score (nSPS) is 14.2. The van der Waals surface area contributed by atoms with E-state index < -0.39 is 17.2 Å². The van der Waals surface area contributed by atoms with Crippen molar-refractivity contribution >= 4 is 0 Å². The second kappa shape index (κ2) is 4.38. The fourth-order valence-corrected chi connectivity index (χ4v) is 1.75. The van der Waals surface area contributed by atoms with Crippen molar-refractivity contribution in [3.63, 3.8) is 0 Å². The van der Waals surface area contributed by atoms with Gasteiger partial charge in [0.25, 0.3) is 0 Å². The van der Waals surface area contributed by atoms with Gasteiger partial charge in [0, 0.05) is 0 Å². The molecule has 2 aromatic carbocycles. The Bertz CT molecular complexity index is 563. The molecular weight excluding hydrogens is 238 g/mol. The van der Waals surface area contributed by atoms with Crippen LogP contribution in [0.4, 0.5) is 8.78 Å². The highest BCUT2D eigenvalue weighted by atomic mass is 19.2. The molecule has 4 heteroatoms. The Morgan fingerprint density at radius 3 is 2.00 bits per heavy atom.